The molecule has 0 unspecified atom stereocenters. The van der Waals surface area contributed by atoms with Crippen molar-refractivity contribution in [1.29, 1.82) is 5.26 Å². The Kier molecular flexibility index (Phi) is 4.64. The fourth-order valence-electron chi connectivity index (χ4n) is 1.56. The van der Waals surface area contributed by atoms with Crippen LogP contribution in [0.5, 0.6) is 0 Å². The van der Waals surface area contributed by atoms with E-state index in [0.29, 0.717) is 5.82 Å². The van der Waals surface area contributed by atoms with Gasteiger partial charge in [-0.1, -0.05) is 6.07 Å². The largest absolute Gasteiger partial charge is 0.370 e. The van der Waals surface area contributed by atoms with E-state index in [1.54, 1.807) is 12.3 Å². The molecule has 0 atom stereocenters. The molecule has 96 valence electrons. The summed E-state index contributed by atoms with van der Waals surface area (Å²) in [6, 6.07) is 7.74. The van der Waals surface area contributed by atoms with Crippen molar-refractivity contribution < 1.29 is 0 Å². The molecule has 19 heavy (non-hydrogen) atoms. The standard InChI is InChI=1S/C13H14N6/c14-4-7-17-13-8-12(18-10-19-13)16-6-3-11-2-1-5-15-9-11/h1-2,5,8-10H,3,6-7H2,(H2,16,17,18,19). The van der Waals surface area contributed by atoms with Crippen LogP contribution < -0.4 is 10.6 Å². The quantitative estimate of drug-likeness (QED) is 0.759. The highest BCUT2D eigenvalue weighted by atomic mass is 15.1. The van der Waals surface area contributed by atoms with Gasteiger partial charge in [0.2, 0.25) is 0 Å². The third kappa shape index (κ3) is 4.24. The van der Waals surface area contributed by atoms with E-state index >= 15 is 0 Å². The molecule has 2 aromatic rings. The van der Waals surface area contributed by atoms with Crippen molar-refractivity contribution in [2.75, 3.05) is 23.7 Å². The van der Waals surface area contributed by atoms with Gasteiger partial charge in [0.1, 0.15) is 24.5 Å². The van der Waals surface area contributed by atoms with Crippen molar-refractivity contribution in [2.24, 2.45) is 0 Å². The first-order valence-corrected chi connectivity index (χ1v) is 5.94. The first kappa shape index (κ1) is 12.8. The normalized spacial score (nSPS) is 9.63. The van der Waals surface area contributed by atoms with E-state index in [1.807, 2.05) is 24.4 Å². The second-order valence-corrected chi connectivity index (χ2v) is 3.84. The summed E-state index contributed by atoms with van der Waals surface area (Å²) in [5, 5.41) is 14.6. The molecule has 2 N–H and O–H groups in total. The van der Waals surface area contributed by atoms with Gasteiger partial charge < -0.3 is 10.6 Å². The third-order valence-electron chi connectivity index (χ3n) is 2.46. The van der Waals surface area contributed by atoms with E-state index in [2.05, 4.69) is 25.6 Å². The lowest BCUT2D eigenvalue weighted by Gasteiger charge is -2.07. The maximum Gasteiger partial charge on any atom is 0.132 e. The van der Waals surface area contributed by atoms with Crippen LogP contribution >= 0.6 is 0 Å². The summed E-state index contributed by atoms with van der Waals surface area (Å²) in [7, 11) is 0. The van der Waals surface area contributed by atoms with Crippen LogP contribution in [0.4, 0.5) is 11.6 Å². The number of nitrogens with zero attached hydrogens (tertiary/aromatic N) is 4. The van der Waals surface area contributed by atoms with Crippen LogP contribution in [0.2, 0.25) is 0 Å². The number of anilines is 2. The van der Waals surface area contributed by atoms with E-state index < -0.39 is 0 Å². The van der Waals surface area contributed by atoms with Gasteiger partial charge >= 0.3 is 0 Å². The number of nitrogens with one attached hydrogen (secondary N) is 2. The Labute approximate surface area is 111 Å². The molecule has 0 aliphatic rings. The van der Waals surface area contributed by atoms with Gasteiger partial charge in [0, 0.05) is 25.0 Å². The van der Waals surface area contributed by atoms with Gasteiger partial charge in [0.05, 0.1) is 6.07 Å². The highest BCUT2D eigenvalue weighted by Gasteiger charge is 1.98. The molecule has 6 nitrogen and oxygen atoms in total. The summed E-state index contributed by atoms with van der Waals surface area (Å²) in [6.45, 7) is 0.993. The smallest absolute Gasteiger partial charge is 0.132 e. The minimum atomic E-state index is 0.228. The average molecular weight is 254 g/mol. The van der Waals surface area contributed by atoms with Crippen molar-refractivity contribution in [3.63, 3.8) is 0 Å². The van der Waals surface area contributed by atoms with Crippen LogP contribution in [-0.2, 0) is 6.42 Å². The zero-order valence-corrected chi connectivity index (χ0v) is 10.4. The topological polar surface area (TPSA) is 86.5 Å². The Morgan fingerprint density at radius 3 is 2.79 bits per heavy atom. The molecule has 0 saturated carbocycles. The lowest BCUT2D eigenvalue weighted by atomic mass is 10.2. The third-order valence-corrected chi connectivity index (χ3v) is 2.46. The Morgan fingerprint density at radius 2 is 2.05 bits per heavy atom. The molecule has 0 amide bonds. The molecule has 0 aliphatic carbocycles. The van der Waals surface area contributed by atoms with Crippen LogP contribution in [0.15, 0.2) is 36.9 Å². The molecule has 0 saturated heterocycles. The lowest BCUT2D eigenvalue weighted by Crippen LogP contribution is -2.08. The summed E-state index contributed by atoms with van der Waals surface area (Å²) < 4.78 is 0. The van der Waals surface area contributed by atoms with Gasteiger partial charge in [-0.2, -0.15) is 5.26 Å². The lowest BCUT2D eigenvalue weighted by molar-refractivity contribution is 0.988. The van der Waals surface area contributed by atoms with Crippen LogP contribution in [0.1, 0.15) is 5.56 Å². The Balaban J connectivity index is 1.84. The summed E-state index contributed by atoms with van der Waals surface area (Å²) in [4.78, 5) is 12.2. The first-order chi connectivity index (χ1) is 9.38. The van der Waals surface area contributed by atoms with Crippen LogP contribution in [0, 0.1) is 11.3 Å². The SMILES string of the molecule is N#CCNc1cc(NCCc2cccnc2)ncn1. The Morgan fingerprint density at radius 1 is 1.21 bits per heavy atom. The first-order valence-electron chi connectivity index (χ1n) is 5.94. The molecule has 2 rings (SSSR count). The monoisotopic (exact) mass is 254 g/mol. The molecule has 6 heteroatoms. The molecule has 0 spiro atoms. The molecule has 2 heterocycles. The van der Waals surface area contributed by atoms with Crippen molar-refractivity contribution in [3.05, 3.63) is 42.5 Å². The van der Waals surface area contributed by atoms with Crippen LogP contribution in [0.25, 0.3) is 0 Å². The van der Waals surface area contributed by atoms with Gasteiger partial charge in [-0.25, -0.2) is 9.97 Å². The number of nitriles is 1. The van der Waals surface area contributed by atoms with E-state index in [0.717, 1.165) is 18.8 Å². The van der Waals surface area contributed by atoms with Crippen LogP contribution in [-0.4, -0.2) is 28.0 Å². The van der Waals surface area contributed by atoms with Gasteiger partial charge in [0.25, 0.3) is 0 Å². The second kappa shape index (κ2) is 6.91. The van der Waals surface area contributed by atoms with Crippen molar-refractivity contribution in [1.82, 2.24) is 15.0 Å². The number of aromatic nitrogens is 3. The number of rotatable bonds is 6. The van der Waals surface area contributed by atoms with E-state index in [-0.39, 0.29) is 6.54 Å². The zero-order valence-electron chi connectivity index (χ0n) is 10.4. The maximum absolute atomic E-state index is 8.49. The Bertz CT molecular complexity index is 549. The van der Waals surface area contributed by atoms with Crippen molar-refractivity contribution in [2.45, 2.75) is 6.42 Å². The summed E-state index contributed by atoms with van der Waals surface area (Å²) >= 11 is 0. The van der Waals surface area contributed by atoms with Gasteiger partial charge in [0.15, 0.2) is 0 Å². The predicted molar refractivity (Wildman–Crippen MR) is 72.6 cm³/mol. The molecule has 0 bridgehead atoms. The molecule has 0 aliphatic heterocycles. The fourth-order valence-corrected chi connectivity index (χ4v) is 1.56. The van der Waals surface area contributed by atoms with Crippen LogP contribution in [0.3, 0.4) is 0 Å². The molecule has 0 fully saturated rings. The van der Waals surface area contributed by atoms with E-state index in [4.69, 9.17) is 5.26 Å². The van der Waals surface area contributed by atoms with Gasteiger partial charge in [-0.3, -0.25) is 4.98 Å². The maximum atomic E-state index is 8.49. The predicted octanol–water partition coefficient (Wildman–Crippen LogP) is 1.46. The van der Waals surface area contributed by atoms with E-state index in [1.165, 1.54) is 11.9 Å². The van der Waals surface area contributed by atoms with Gasteiger partial charge in [-0.15, -0.1) is 0 Å². The second-order valence-electron chi connectivity index (χ2n) is 3.84. The number of hydrogen-bond acceptors (Lipinski definition) is 6. The minimum absolute atomic E-state index is 0.228. The number of pyridine rings is 1. The number of hydrogen-bond donors (Lipinski definition) is 2. The summed E-state index contributed by atoms with van der Waals surface area (Å²) in [5.41, 5.74) is 1.17. The van der Waals surface area contributed by atoms with Crippen molar-refractivity contribution in [3.8, 4) is 6.07 Å². The van der Waals surface area contributed by atoms with Crippen molar-refractivity contribution >= 4 is 11.6 Å². The molecule has 2 aromatic heterocycles. The zero-order chi connectivity index (χ0) is 13.3. The minimum Gasteiger partial charge on any atom is -0.370 e. The Hall–Kier alpha value is -2.68. The molecule has 0 radical (unpaired) electrons. The van der Waals surface area contributed by atoms with E-state index in [9.17, 15) is 0 Å². The molecular weight excluding hydrogens is 240 g/mol. The van der Waals surface area contributed by atoms with Gasteiger partial charge in [-0.05, 0) is 18.1 Å². The summed E-state index contributed by atoms with van der Waals surface area (Å²) in [5.74, 6) is 1.37. The fraction of sp³-hybridized carbons (Fsp3) is 0.231. The highest BCUT2D eigenvalue weighted by Crippen LogP contribution is 2.08. The molecular formula is C13H14N6. The highest BCUT2D eigenvalue weighted by molar-refractivity contribution is 5.46. The average Bonchev–Trinajstić information content (AvgIpc) is 2.47. The molecule has 0 aromatic carbocycles. The summed E-state index contributed by atoms with van der Waals surface area (Å²) in [6.07, 6.45) is 5.95.